The number of carbonyl (C=O) groups is 2. The van der Waals surface area contributed by atoms with Gasteiger partial charge < -0.3 is 19.7 Å². The van der Waals surface area contributed by atoms with Crippen LogP contribution >= 0.6 is 11.3 Å². The molecule has 3 aromatic rings. The number of nitrogens with one attached hydrogen (secondary N) is 1. The van der Waals surface area contributed by atoms with E-state index in [4.69, 9.17) is 9.47 Å². The minimum Gasteiger partial charge on any atom is -0.484 e. The number of carbonyl (C=O) groups excluding carboxylic acids is 2. The second kappa shape index (κ2) is 9.60. The first-order chi connectivity index (χ1) is 16.6. The van der Waals surface area contributed by atoms with Crippen molar-refractivity contribution in [3.63, 3.8) is 0 Å². The predicted molar refractivity (Wildman–Crippen MR) is 131 cm³/mol. The largest absolute Gasteiger partial charge is 0.484 e. The van der Waals surface area contributed by atoms with E-state index >= 15 is 0 Å². The van der Waals surface area contributed by atoms with Crippen LogP contribution in [0.25, 0.3) is 0 Å². The maximum absolute atomic E-state index is 12.9. The van der Waals surface area contributed by atoms with Crippen LogP contribution in [0.4, 0.5) is 0 Å². The summed E-state index contributed by atoms with van der Waals surface area (Å²) in [6.07, 6.45) is 1.35. The van der Waals surface area contributed by atoms with Crippen LogP contribution in [0, 0.1) is 0 Å². The van der Waals surface area contributed by atoms with Crippen molar-refractivity contribution in [2.45, 2.75) is 30.4 Å². The minimum absolute atomic E-state index is 0.0605. The van der Waals surface area contributed by atoms with E-state index in [1.807, 2.05) is 64.2 Å². The summed E-state index contributed by atoms with van der Waals surface area (Å²) >= 11 is 1.54. The third-order valence-corrected chi connectivity index (χ3v) is 7.76. The SMILES string of the molecule is CO[C@H]1[C@H](NC(=O)COc2ccccc2)c2ccccc2C12CCN(C(=O)c1ccsc1)CC2. The van der Waals surface area contributed by atoms with E-state index in [-0.39, 0.29) is 36.0 Å². The van der Waals surface area contributed by atoms with Crippen LogP contribution in [-0.2, 0) is 14.9 Å². The zero-order valence-corrected chi connectivity index (χ0v) is 19.9. The quantitative estimate of drug-likeness (QED) is 0.579. The van der Waals surface area contributed by atoms with Gasteiger partial charge in [0.25, 0.3) is 11.8 Å². The summed E-state index contributed by atoms with van der Waals surface area (Å²) in [4.78, 5) is 27.7. The van der Waals surface area contributed by atoms with Crippen LogP contribution in [0.5, 0.6) is 5.75 Å². The van der Waals surface area contributed by atoms with Crippen molar-refractivity contribution in [2.24, 2.45) is 0 Å². The molecule has 2 amide bonds. The number of likely N-dealkylation sites (tertiary alicyclic amines) is 1. The van der Waals surface area contributed by atoms with Gasteiger partial charge in [-0.05, 0) is 47.5 Å². The van der Waals surface area contributed by atoms with Crippen molar-refractivity contribution in [1.82, 2.24) is 10.2 Å². The van der Waals surface area contributed by atoms with Crippen LogP contribution in [0.3, 0.4) is 0 Å². The summed E-state index contributed by atoms with van der Waals surface area (Å²) in [7, 11) is 1.71. The van der Waals surface area contributed by atoms with E-state index in [1.54, 1.807) is 7.11 Å². The highest BCUT2D eigenvalue weighted by molar-refractivity contribution is 7.08. The van der Waals surface area contributed by atoms with Gasteiger partial charge in [-0.25, -0.2) is 0 Å². The lowest BCUT2D eigenvalue weighted by Crippen LogP contribution is -2.51. The summed E-state index contributed by atoms with van der Waals surface area (Å²) < 4.78 is 11.7. The fourth-order valence-electron chi connectivity index (χ4n) is 5.48. The normalized spacial score (nSPS) is 20.7. The number of hydrogen-bond donors (Lipinski definition) is 1. The first-order valence-electron chi connectivity index (χ1n) is 11.5. The molecule has 176 valence electrons. The molecule has 2 aliphatic rings. The molecule has 0 radical (unpaired) electrons. The fourth-order valence-corrected chi connectivity index (χ4v) is 6.11. The second-order valence-electron chi connectivity index (χ2n) is 8.85. The molecule has 7 heteroatoms. The predicted octanol–water partition coefficient (Wildman–Crippen LogP) is 4.19. The highest BCUT2D eigenvalue weighted by atomic mass is 32.1. The van der Waals surface area contributed by atoms with E-state index in [9.17, 15) is 9.59 Å². The van der Waals surface area contributed by atoms with Crippen LogP contribution in [-0.4, -0.2) is 49.6 Å². The molecule has 34 heavy (non-hydrogen) atoms. The molecule has 1 aromatic heterocycles. The number of fused-ring (bicyclic) bond motifs is 2. The molecule has 5 rings (SSSR count). The summed E-state index contributed by atoms with van der Waals surface area (Å²) in [6, 6.07) is 19.2. The van der Waals surface area contributed by atoms with Gasteiger partial charge in [0.1, 0.15) is 5.75 Å². The Labute approximate surface area is 203 Å². The second-order valence-corrected chi connectivity index (χ2v) is 9.63. The average Bonchev–Trinajstić information content (AvgIpc) is 3.50. The number of nitrogens with zero attached hydrogens (tertiary/aromatic N) is 1. The zero-order valence-electron chi connectivity index (χ0n) is 19.1. The average molecular weight is 477 g/mol. The molecule has 1 saturated heterocycles. The molecule has 0 saturated carbocycles. The van der Waals surface area contributed by atoms with E-state index in [0.717, 1.165) is 24.0 Å². The lowest BCUT2D eigenvalue weighted by Gasteiger charge is -2.44. The number of rotatable bonds is 6. The van der Waals surface area contributed by atoms with Crippen molar-refractivity contribution in [3.05, 3.63) is 88.1 Å². The standard InChI is InChI=1S/C27H28N2O4S/c1-32-25-24(28-23(30)17-33-20-7-3-2-4-8-20)21-9-5-6-10-22(21)27(25)12-14-29(15-13-27)26(31)19-11-16-34-18-19/h2-11,16,18,24-25H,12-15,17H2,1H3,(H,28,30)/t24-,25+/m1/s1. The molecular formula is C27H28N2O4S. The highest BCUT2D eigenvalue weighted by Crippen LogP contribution is 2.52. The lowest BCUT2D eigenvalue weighted by atomic mass is 9.71. The van der Waals surface area contributed by atoms with Crippen molar-refractivity contribution in [2.75, 3.05) is 26.8 Å². The Morgan fingerprint density at radius 3 is 2.50 bits per heavy atom. The Kier molecular flexibility index (Phi) is 6.39. The van der Waals surface area contributed by atoms with Crippen molar-refractivity contribution >= 4 is 23.2 Å². The Morgan fingerprint density at radius 1 is 1.06 bits per heavy atom. The summed E-state index contributed by atoms with van der Waals surface area (Å²) in [6.45, 7) is 1.25. The Balaban J connectivity index is 1.33. The molecule has 2 atom stereocenters. The first-order valence-corrected chi connectivity index (χ1v) is 12.5. The van der Waals surface area contributed by atoms with Gasteiger partial charge in [0.2, 0.25) is 0 Å². The summed E-state index contributed by atoms with van der Waals surface area (Å²) in [5, 5.41) is 7.00. The molecule has 2 aromatic carbocycles. The molecule has 1 fully saturated rings. The number of ether oxygens (including phenoxy) is 2. The molecule has 1 aliphatic carbocycles. The van der Waals surface area contributed by atoms with Crippen LogP contribution in [0.15, 0.2) is 71.4 Å². The van der Waals surface area contributed by atoms with Gasteiger partial charge in [0, 0.05) is 31.0 Å². The first kappa shape index (κ1) is 22.6. The Bertz CT molecular complexity index is 1140. The molecule has 1 N–H and O–H groups in total. The molecule has 2 heterocycles. The molecular weight excluding hydrogens is 448 g/mol. The highest BCUT2D eigenvalue weighted by Gasteiger charge is 2.54. The lowest BCUT2D eigenvalue weighted by molar-refractivity contribution is -0.125. The minimum atomic E-state index is -0.271. The Morgan fingerprint density at radius 2 is 1.79 bits per heavy atom. The third kappa shape index (κ3) is 4.10. The number of hydrogen-bond acceptors (Lipinski definition) is 5. The van der Waals surface area contributed by atoms with E-state index in [1.165, 1.54) is 16.9 Å². The van der Waals surface area contributed by atoms with Gasteiger partial charge in [-0.15, -0.1) is 0 Å². The third-order valence-electron chi connectivity index (χ3n) is 7.07. The zero-order chi connectivity index (χ0) is 23.5. The van der Waals surface area contributed by atoms with E-state index in [0.29, 0.717) is 18.8 Å². The van der Waals surface area contributed by atoms with Gasteiger partial charge in [-0.3, -0.25) is 9.59 Å². The molecule has 0 unspecified atom stereocenters. The van der Waals surface area contributed by atoms with E-state index < -0.39 is 0 Å². The number of para-hydroxylation sites is 1. The number of benzene rings is 2. The summed E-state index contributed by atoms with van der Waals surface area (Å²) in [5.41, 5.74) is 2.79. The maximum atomic E-state index is 12.9. The number of thiophene rings is 1. The van der Waals surface area contributed by atoms with Gasteiger partial charge in [-0.1, -0.05) is 42.5 Å². The van der Waals surface area contributed by atoms with Gasteiger partial charge in [-0.2, -0.15) is 11.3 Å². The van der Waals surface area contributed by atoms with Crippen molar-refractivity contribution in [1.29, 1.82) is 0 Å². The topological polar surface area (TPSA) is 67.9 Å². The van der Waals surface area contributed by atoms with Gasteiger partial charge >= 0.3 is 0 Å². The molecule has 1 spiro atoms. The summed E-state index contributed by atoms with van der Waals surface area (Å²) in [5.74, 6) is 0.555. The van der Waals surface area contributed by atoms with Crippen LogP contribution in [0.2, 0.25) is 0 Å². The molecule has 1 aliphatic heterocycles. The van der Waals surface area contributed by atoms with Crippen molar-refractivity contribution < 1.29 is 19.1 Å². The molecule has 6 nitrogen and oxygen atoms in total. The van der Waals surface area contributed by atoms with Crippen molar-refractivity contribution in [3.8, 4) is 5.75 Å². The Hall–Kier alpha value is -3.16. The van der Waals surface area contributed by atoms with E-state index in [2.05, 4.69) is 17.4 Å². The van der Waals surface area contributed by atoms with Gasteiger partial charge in [0.15, 0.2) is 6.61 Å². The van der Waals surface area contributed by atoms with Crippen LogP contribution < -0.4 is 10.1 Å². The number of methoxy groups -OCH3 is 1. The van der Waals surface area contributed by atoms with Gasteiger partial charge in [0.05, 0.1) is 17.7 Å². The molecule has 0 bridgehead atoms. The maximum Gasteiger partial charge on any atom is 0.258 e. The van der Waals surface area contributed by atoms with Crippen LogP contribution in [0.1, 0.15) is 40.4 Å². The monoisotopic (exact) mass is 476 g/mol. The smallest absolute Gasteiger partial charge is 0.258 e. The fraction of sp³-hybridized carbons (Fsp3) is 0.333. The number of piperidine rings is 1. The number of amides is 2.